The molecule has 3 N–H and O–H groups in total. The van der Waals surface area contributed by atoms with Crippen LogP contribution in [0.25, 0.3) is 0 Å². The molecule has 0 fully saturated rings. The van der Waals surface area contributed by atoms with Crippen molar-refractivity contribution in [2.24, 2.45) is 5.41 Å². The summed E-state index contributed by atoms with van der Waals surface area (Å²) < 4.78 is 4.85. The van der Waals surface area contributed by atoms with Gasteiger partial charge in [0.2, 0.25) is 0 Å². The average Bonchev–Trinajstić information content (AvgIpc) is 2.37. The molecule has 0 bridgehead atoms. The molecule has 0 rings (SSSR count). The standard InChI is InChI=1S/C8H14O5S4/c1-6(15-17-16-14)7(12)13-5-8(2-9,3-10)4-11/h9-11,14H,1-5H2. The fourth-order valence-electron chi connectivity index (χ4n) is 0.676. The molecule has 0 aromatic rings. The molecule has 0 aliphatic carbocycles. The lowest BCUT2D eigenvalue weighted by atomic mass is 9.93. The van der Waals surface area contributed by atoms with Gasteiger partial charge in [0.25, 0.3) is 0 Å². The Morgan fingerprint density at radius 2 is 1.82 bits per heavy atom. The summed E-state index contributed by atoms with van der Waals surface area (Å²) in [5.74, 6) is -0.649. The number of thiol groups is 1. The SMILES string of the molecule is C=C(SSSS)C(=O)OCC(CO)(CO)CO. The van der Waals surface area contributed by atoms with Gasteiger partial charge >= 0.3 is 5.97 Å². The maximum atomic E-state index is 11.4. The highest BCUT2D eigenvalue weighted by molar-refractivity contribution is 9.24. The molecular formula is C8H14O5S4. The Bertz CT molecular complexity index is 248. The van der Waals surface area contributed by atoms with E-state index in [2.05, 4.69) is 18.2 Å². The quantitative estimate of drug-likeness (QED) is 0.216. The average molecular weight is 318 g/mol. The van der Waals surface area contributed by atoms with Gasteiger partial charge in [0.05, 0.1) is 30.1 Å². The number of carbonyl (C=O) groups excluding carboxylic acids is 1. The number of ether oxygens (including phenoxy) is 1. The molecular weight excluding hydrogens is 304 g/mol. The van der Waals surface area contributed by atoms with E-state index < -0.39 is 31.2 Å². The first-order valence-electron chi connectivity index (χ1n) is 4.38. The third-order valence-corrected chi connectivity index (χ3v) is 6.20. The molecule has 9 heteroatoms. The smallest absolute Gasteiger partial charge is 0.344 e. The van der Waals surface area contributed by atoms with Crippen molar-refractivity contribution in [2.45, 2.75) is 0 Å². The predicted molar refractivity (Wildman–Crippen MR) is 75.5 cm³/mol. The summed E-state index contributed by atoms with van der Waals surface area (Å²) in [6.07, 6.45) is 0. The van der Waals surface area contributed by atoms with E-state index in [4.69, 9.17) is 20.1 Å². The summed E-state index contributed by atoms with van der Waals surface area (Å²) in [7, 11) is 3.52. The van der Waals surface area contributed by atoms with E-state index >= 15 is 0 Å². The topological polar surface area (TPSA) is 87.0 Å². The van der Waals surface area contributed by atoms with Crippen molar-refractivity contribution in [3.05, 3.63) is 11.5 Å². The highest BCUT2D eigenvalue weighted by Crippen LogP contribution is 2.41. The van der Waals surface area contributed by atoms with E-state index in [0.717, 1.165) is 10.8 Å². The Kier molecular flexibility index (Phi) is 9.70. The Hall–Kier alpha value is 0.490. The van der Waals surface area contributed by atoms with E-state index in [-0.39, 0.29) is 11.5 Å². The Labute approximate surface area is 116 Å². The molecule has 0 heterocycles. The first-order chi connectivity index (χ1) is 8.05. The highest BCUT2D eigenvalue weighted by Gasteiger charge is 2.30. The van der Waals surface area contributed by atoms with Gasteiger partial charge in [0.1, 0.15) is 6.61 Å². The lowest BCUT2D eigenvalue weighted by Gasteiger charge is -2.26. The second-order valence-electron chi connectivity index (χ2n) is 3.20. The van der Waals surface area contributed by atoms with Crippen LogP contribution >= 0.6 is 42.1 Å². The van der Waals surface area contributed by atoms with Crippen molar-refractivity contribution in [2.75, 3.05) is 26.4 Å². The lowest BCUT2D eigenvalue weighted by Crippen LogP contribution is -2.39. The molecule has 0 radical (unpaired) electrons. The van der Waals surface area contributed by atoms with Gasteiger partial charge in [0, 0.05) is 0 Å². The van der Waals surface area contributed by atoms with Crippen LogP contribution < -0.4 is 0 Å². The zero-order valence-corrected chi connectivity index (χ0v) is 12.2. The lowest BCUT2D eigenvalue weighted by molar-refractivity contribution is -0.145. The zero-order valence-electron chi connectivity index (χ0n) is 8.87. The van der Waals surface area contributed by atoms with Gasteiger partial charge in [-0.15, -0.1) is 0 Å². The predicted octanol–water partition coefficient (Wildman–Crippen LogP) is 0.881. The number of hydrogen-bond donors (Lipinski definition) is 4. The van der Waals surface area contributed by atoms with Crippen molar-refractivity contribution >= 4 is 48.1 Å². The molecule has 0 amide bonds. The molecule has 5 nitrogen and oxygen atoms in total. The zero-order chi connectivity index (χ0) is 13.3. The van der Waals surface area contributed by atoms with Gasteiger partial charge in [0.15, 0.2) is 0 Å². The second kappa shape index (κ2) is 9.42. The van der Waals surface area contributed by atoms with Gasteiger partial charge in [-0.25, -0.2) is 4.79 Å². The fourth-order valence-corrected chi connectivity index (χ4v) is 3.29. The summed E-state index contributed by atoms with van der Waals surface area (Å²) >= 11 is 3.87. The maximum Gasteiger partial charge on any atom is 0.344 e. The molecule has 0 aromatic carbocycles. The summed E-state index contributed by atoms with van der Waals surface area (Å²) in [6.45, 7) is 1.80. The molecule has 100 valence electrons. The third kappa shape index (κ3) is 6.27. The number of esters is 1. The fraction of sp³-hybridized carbons (Fsp3) is 0.625. The molecule has 0 aliphatic heterocycles. The van der Waals surface area contributed by atoms with E-state index in [1.165, 1.54) is 19.7 Å². The normalized spacial score (nSPS) is 11.3. The van der Waals surface area contributed by atoms with Crippen molar-refractivity contribution in [1.29, 1.82) is 0 Å². The van der Waals surface area contributed by atoms with Crippen molar-refractivity contribution in [3.63, 3.8) is 0 Å². The van der Waals surface area contributed by atoms with Gasteiger partial charge in [-0.2, -0.15) is 0 Å². The number of rotatable bonds is 9. The van der Waals surface area contributed by atoms with Gasteiger partial charge < -0.3 is 20.1 Å². The van der Waals surface area contributed by atoms with Crippen molar-refractivity contribution in [1.82, 2.24) is 0 Å². The van der Waals surface area contributed by atoms with Gasteiger partial charge in [-0.1, -0.05) is 18.2 Å². The summed E-state index contributed by atoms with van der Waals surface area (Å²) in [6, 6.07) is 0. The van der Waals surface area contributed by atoms with Crippen LogP contribution in [-0.2, 0) is 9.53 Å². The van der Waals surface area contributed by atoms with Crippen LogP contribution in [0.5, 0.6) is 0 Å². The molecule has 17 heavy (non-hydrogen) atoms. The van der Waals surface area contributed by atoms with Crippen LogP contribution in [0.4, 0.5) is 0 Å². The molecule has 0 aliphatic rings. The third-order valence-electron chi connectivity index (χ3n) is 1.91. The summed E-state index contributed by atoms with van der Waals surface area (Å²) in [5, 5.41) is 27.0. The highest BCUT2D eigenvalue weighted by atomic mass is 33.7. The molecule has 0 unspecified atom stereocenters. The second-order valence-corrected chi connectivity index (χ2v) is 8.07. The van der Waals surface area contributed by atoms with Crippen LogP contribution in [0.2, 0.25) is 0 Å². The number of aliphatic hydroxyl groups is 3. The Balaban J connectivity index is 4.17. The molecule has 0 atom stereocenters. The van der Waals surface area contributed by atoms with Crippen LogP contribution in [0.1, 0.15) is 0 Å². The van der Waals surface area contributed by atoms with Gasteiger partial charge in [-0.05, 0) is 30.4 Å². The monoisotopic (exact) mass is 318 g/mol. The largest absolute Gasteiger partial charge is 0.461 e. The first-order valence-corrected chi connectivity index (χ1v) is 8.92. The van der Waals surface area contributed by atoms with Crippen molar-refractivity contribution in [3.8, 4) is 0 Å². The van der Waals surface area contributed by atoms with Crippen LogP contribution in [0.3, 0.4) is 0 Å². The first kappa shape index (κ1) is 17.5. The minimum atomic E-state index is -1.22. The van der Waals surface area contributed by atoms with E-state index in [1.54, 1.807) is 0 Å². The van der Waals surface area contributed by atoms with Crippen molar-refractivity contribution < 1.29 is 24.9 Å². The molecule has 0 spiro atoms. The van der Waals surface area contributed by atoms with E-state index in [0.29, 0.717) is 0 Å². The maximum absolute atomic E-state index is 11.4. The molecule has 0 saturated carbocycles. The summed E-state index contributed by atoms with van der Waals surface area (Å²) in [4.78, 5) is 11.6. The number of carbonyl (C=O) groups is 1. The Morgan fingerprint density at radius 1 is 1.29 bits per heavy atom. The van der Waals surface area contributed by atoms with E-state index in [1.807, 2.05) is 0 Å². The van der Waals surface area contributed by atoms with Crippen LogP contribution in [0, 0.1) is 5.41 Å². The number of aliphatic hydroxyl groups excluding tert-OH is 3. The van der Waals surface area contributed by atoms with E-state index in [9.17, 15) is 4.79 Å². The minimum Gasteiger partial charge on any atom is -0.461 e. The summed E-state index contributed by atoms with van der Waals surface area (Å²) in [5.41, 5.74) is -1.22. The van der Waals surface area contributed by atoms with Crippen LogP contribution in [0.15, 0.2) is 11.5 Å². The van der Waals surface area contributed by atoms with Crippen LogP contribution in [-0.4, -0.2) is 47.7 Å². The molecule has 0 saturated heterocycles. The van der Waals surface area contributed by atoms with Gasteiger partial charge in [-0.3, -0.25) is 0 Å². The molecule has 0 aromatic heterocycles. The minimum absolute atomic E-state index is 0.180. The Morgan fingerprint density at radius 3 is 2.24 bits per heavy atom. The number of hydrogen-bond acceptors (Lipinski definition) is 9.